The van der Waals surface area contributed by atoms with Crippen LogP contribution in [-0.4, -0.2) is 43.2 Å². The van der Waals surface area contributed by atoms with Crippen LogP contribution in [0.4, 0.5) is 10.5 Å². The van der Waals surface area contributed by atoms with Crippen molar-refractivity contribution >= 4 is 11.7 Å². The quantitative estimate of drug-likeness (QED) is 0.857. The number of benzene rings is 1. The van der Waals surface area contributed by atoms with E-state index in [1.54, 1.807) is 7.11 Å². The summed E-state index contributed by atoms with van der Waals surface area (Å²) in [6.45, 7) is 5.76. The van der Waals surface area contributed by atoms with Crippen molar-refractivity contribution in [3.8, 4) is 5.75 Å². The first kappa shape index (κ1) is 13.7. The Hall–Kier alpha value is -1.75. The van der Waals surface area contributed by atoms with Crippen LogP contribution >= 0.6 is 0 Å². The highest BCUT2D eigenvalue weighted by atomic mass is 16.5. The van der Waals surface area contributed by atoms with E-state index in [1.165, 1.54) is 0 Å². The summed E-state index contributed by atoms with van der Waals surface area (Å²) in [6.07, 6.45) is 0. The van der Waals surface area contributed by atoms with Gasteiger partial charge in [-0.25, -0.2) is 4.79 Å². The van der Waals surface area contributed by atoms with Crippen molar-refractivity contribution in [2.24, 2.45) is 0 Å². The van der Waals surface area contributed by atoms with Crippen LogP contribution in [0, 0.1) is 0 Å². The van der Waals surface area contributed by atoms with Crippen LogP contribution < -0.4 is 15.4 Å². The van der Waals surface area contributed by atoms with Gasteiger partial charge in [0.05, 0.1) is 7.11 Å². The van der Waals surface area contributed by atoms with Crippen LogP contribution in [0.5, 0.6) is 5.75 Å². The predicted octanol–water partition coefficient (Wildman–Crippen LogP) is 1.91. The number of piperazine rings is 1. The smallest absolute Gasteiger partial charge is 0.322 e. The molecule has 0 radical (unpaired) electrons. The molecule has 0 spiro atoms. The fraction of sp³-hybridized carbons (Fsp3) is 0.500. The minimum Gasteiger partial charge on any atom is -0.497 e. The normalized spacial score (nSPS) is 23.0. The monoisotopic (exact) mass is 263 g/mol. The zero-order chi connectivity index (χ0) is 13.8. The second kappa shape index (κ2) is 5.93. The molecule has 1 heterocycles. The maximum absolute atomic E-state index is 12.3. The lowest BCUT2D eigenvalue weighted by atomic mass is 10.1. The van der Waals surface area contributed by atoms with Gasteiger partial charge in [-0.15, -0.1) is 0 Å². The number of hydrogen-bond acceptors (Lipinski definition) is 3. The average Bonchev–Trinajstić information content (AvgIpc) is 2.38. The predicted molar refractivity (Wildman–Crippen MR) is 75.6 cm³/mol. The van der Waals surface area contributed by atoms with Crippen LogP contribution in [0.2, 0.25) is 0 Å². The number of carbonyl (C=O) groups excluding carboxylic acids is 1. The standard InChI is InChI=1S/C14H21N3O2/c1-10-8-15-9-11(2)17(10)14(18)16-12-5-4-6-13(7-12)19-3/h4-7,10-11,15H,8-9H2,1-3H3,(H,16,18). The van der Waals surface area contributed by atoms with Crippen molar-refractivity contribution < 1.29 is 9.53 Å². The van der Waals surface area contributed by atoms with Gasteiger partial charge in [0.2, 0.25) is 0 Å². The van der Waals surface area contributed by atoms with Gasteiger partial charge in [-0.1, -0.05) is 6.07 Å². The zero-order valence-corrected chi connectivity index (χ0v) is 11.6. The molecule has 19 heavy (non-hydrogen) atoms. The van der Waals surface area contributed by atoms with Gasteiger partial charge in [0.1, 0.15) is 5.75 Å². The second-order valence-corrected chi connectivity index (χ2v) is 4.93. The maximum Gasteiger partial charge on any atom is 0.322 e. The molecule has 5 nitrogen and oxygen atoms in total. The minimum atomic E-state index is -0.0604. The molecule has 0 bridgehead atoms. The third-order valence-corrected chi connectivity index (χ3v) is 3.38. The number of amides is 2. The van der Waals surface area contributed by atoms with E-state index in [-0.39, 0.29) is 18.1 Å². The summed E-state index contributed by atoms with van der Waals surface area (Å²) in [4.78, 5) is 14.2. The van der Waals surface area contributed by atoms with Gasteiger partial charge in [0, 0.05) is 36.9 Å². The van der Waals surface area contributed by atoms with Crippen molar-refractivity contribution in [1.29, 1.82) is 0 Å². The molecule has 2 rings (SSSR count). The van der Waals surface area contributed by atoms with Gasteiger partial charge in [-0.3, -0.25) is 0 Å². The van der Waals surface area contributed by atoms with Crippen molar-refractivity contribution in [2.75, 3.05) is 25.5 Å². The first-order chi connectivity index (χ1) is 9.11. The number of hydrogen-bond donors (Lipinski definition) is 2. The van der Waals surface area contributed by atoms with Gasteiger partial charge >= 0.3 is 6.03 Å². The Bertz CT molecular complexity index is 440. The maximum atomic E-state index is 12.3. The molecule has 1 aromatic carbocycles. The van der Waals surface area contributed by atoms with Gasteiger partial charge in [-0.2, -0.15) is 0 Å². The molecule has 5 heteroatoms. The van der Waals surface area contributed by atoms with E-state index in [0.29, 0.717) is 0 Å². The summed E-state index contributed by atoms with van der Waals surface area (Å²) in [5, 5.41) is 6.24. The second-order valence-electron chi connectivity index (χ2n) is 4.93. The molecule has 1 fully saturated rings. The fourth-order valence-corrected chi connectivity index (χ4v) is 2.42. The van der Waals surface area contributed by atoms with Crippen LogP contribution in [0.15, 0.2) is 24.3 Å². The van der Waals surface area contributed by atoms with Crippen molar-refractivity contribution in [3.05, 3.63) is 24.3 Å². The van der Waals surface area contributed by atoms with Gasteiger partial charge < -0.3 is 20.3 Å². The first-order valence-electron chi connectivity index (χ1n) is 6.56. The van der Waals surface area contributed by atoms with Crippen LogP contribution in [0.1, 0.15) is 13.8 Å². The van der Waals surface area contributed by atoms with Gasteiger partial charge in [-0.05, 0) is 26.0 Å². The molecule has 2 atom stereocenters. The molecule has 1 saturated heterocycles. The lowest BCUT2D eigenvalue weighted by Crippen LogP contribution is -2.58. The molecular formula is C14H21N3O2. The third kappa shape index (κ3) is 3.17. The lowest BCUT2D eigenvalue weighted by molar-refractivity contribution is 0.143. The van der Waals surface area contributed by atoms with Crippen LogP contribution in [0.3, 0.4) is 0 Å². The molecule has 0 aliphatic carbocycles. The van der Waals surface area contributed by atoms with Gasteiger partial charge in [0.15, 0.2) is 0 Å². The molecule has 2 unspecified atom stereocenters. The van der Waals surface area contributed by atoms with E-state index in [4.69, 9.17) is 4.74 Å². The molecule has 1 aliphatic rings. The van der Waals surface area contributed by atoms with E-state index in [9.17, 15) is 4.79 Å². The van der Waals surface area contributed by atoms with Crippen molar-refractivity contribution in [3.63, 3.8) is 0 Å². The number of urea groups is 1. The number of rotatable bonds is 2. The van der Waals surface area contributed by atoms with E-state index >= 15 is 0 Å². The zero-order valence-electron chi connectivity index (χ0n) is 11.6. The number of nitrogens with zero attached hydrogens (tertiary/aromatic N) is 1. The van der Waals surface area contributed by atoms with E-state index < -0.39 is 0 Å². The molecule has 2 N–H and O–H groups in total. The van der Waals surface area contributed by atoms with Crippen LogP contribution in [-0.2, 0) is 0 Å². The number of carbonyl (C=O) groups is 1. The van der Waals surface area contributed by atoms with Crippen molar-refractivity contribution in [2.45, 2.75) is 25.9 Å². The molecule has 1 aromatic rings. The number of methoxy groups -OCH3 is 1. The Balaban J connectivity index is 2.07. The number of anilines is 1. The Morgan fingerprint density at radius 3 is 2.68 bits per heavy atom. The molecular weight excluding hydrogens is 242 g/mol. The SMILES string of the molecule is COc1cccc(NC(=O)N2C(C)CNCC2C)c1. The molecule has 104 valence electrons. The largest absolute Gasteiger partial charge is 0.497 e. The Morgan fingerprint density at radius 1 is 1.37 bits per heavy atom. The van der Waals surface area contributed by atoms with E-state index in [1.807, 2.05) is 43.0 Å². The highest BCUT2D eigenvalue weighted by Gasteiger charge is 2.28. The Morgan fingerprint density at radius 2 is 2.05 bits per heavy atom. The van der Waals surface area contributed by atoms with E-state index in [2.05, 4.69) is 10.6 Å². The summed E-state index contributed by atoms with van der Waals surface area (Å²) < 4.78 is 5.15. The summed E-state index contributed by atoms with van der Waals surface area (Å²) >= 11 is 0. The Labute approximate surface area is 113 Å². The van der Waals surface area contributed by atoms with E-state index in [0.717, 1.165) is 24.5 Å². The topological polar surface area (TPSA) is 53.6 Å². The first-order valence-corrected chi connectivity index (χ1v) is 6.56. The average molecular weight is 263 g/mol. The molecule has 2 amide bonds. The highest BCUT2D eigenvalue weighted by molar-refractivity contribution is 5.90. The van der Waals surface area contributed by atoms with Crippen molar-refractivity contribution in [1.82, 2.24) is 10.2 Å². The Kier molecular flexibility index (Phi) is 4.27. The summed E-state index contributed by atoms with van der Waals surface area (Å²) in [7, 11) is 1.61. The van der Waals surface area contributed by atoms with Crippen LogP contribution in [0.25, 0.3) is 0 Å². The summed E-state index contributed by atoms with van der Waals surface area (Å²) in [6, 6.07) is 7.71. The molecule has 0 aromatic heterocycles. The highest BCUT2D eigenvalue weighted by Crippen LogP contribution is 2.18. The molecule has 0 saturated carbocycles. The molecule has 1 aliphatic heterocycles. The third-order valence-electron chi connectivity index (χ3n) is 3.38. The minimum absolute atomic E-state index is 0.0604. The fourth-order valence-electron chi connectivity index (χ4n) is 2.42. The number of nitrogens with one attached hydrogen (secondary N) is 2. The number of ether oxygens (including phenoxy) is 1. The van der Waals surface area contributed by atoms with Gasteiger partial charge in [0.25, 0.3) is 0 Å². The summed E-state index contributed by atoms with van der Waals surface area (Å²) in [5.74, 6) is 0.735. The lowest BCUT2D eigenvalue weighted by Gasteiger charge is -2.39. The summed E-state index contributed by atoms with van der Waals surface area (Å²) in [5.41, 5.74) is 0.752.